The number of phenols is 1. The van der Waals surface area contributed by atoms with Gasteiger partial charge in [0.05, 0.1) is 4.90 Å². The Balaban J connectivity index is 1.79. The van der Waals surface area contributed by atoms with Gasteiger partial charge in [0.15, 0.2) is 0 Å². The van der Waals surface area contributed by atoms with Crippen LogP contribution in [0.1, 0.15) is 17.5 Å². The van der Waals surface area contributed by atoms with Gasteiger partial charge in [0.2, 0.25) is 0 Å². The predicted molar refractivity (Wildman–Crippen MR) is 91.3 cm³/mol. The van der Waals surface area contributed by atoms with E-state index in [0.717, 1.165) is 11.1 Å². The Morgan fingerprint density at radius 3 is 2.50 bits per heavy atom. The van der Waals surface area contributed by atoms with Gasteiger partial charge in [0.1, 0.15) is 5.75 Å². The molecule has 2 aromatic carbocycles. The highest BCUT2D eigenvalue weighted by Gasteiger charge is 2.16. The van der Waals surface area contributed by atoms with E-state index in [4.69, 9.17) is 0 Å². The third kappa shape index (κ3) is 5.27. The first kappa shape index (κ1) is 17.8. The van der Waals surface area contributed by atoms with Gasteiger partial charge in [-0.25, -0.2) is 17.9 Å². The Morgan fingerprint density at radius 2 is 1.83 bits per heavy atom. The second-order valence-electron chi connectivity index (χ2n) is 5.45. The molecule has 0 fully saturated rings. The number of carbonyl (C=O) groups is 1. The number of aromatic hydroxyl groups is 1. The normalized spacial score (nSPS) is 11.0. The lowest BCUT2D eigenvalue weighted by Crippen LogP contribution is -2.39. The van der Waals surface area contributed by atoms with Gasteiger partial charge in [0.25, 0.3) is 10.0 Å². The van der Waals surface area contributed by atoms with Crippen molar-refractivity contribution >= 4 is 16.1 Å². The Hall–Kier alpha value is -2.54. The average molecular weight is 348 g/mol. The molecule has 2 aromatic rings. The standard InChI is InChI=1S/C17H20N2O4S/c1-13-7-9-16(10-8-13)24(22,23)19-17(21)18-11-3-5-14-4-2-6-15(20)12-14/h2,4,6-10,12,20H,3,5,11H2,1H3,(H2,18,19,21). The molecule has 0 saturated carbocycles. The van der Waals surface area contributed by atoms with Crippen molar-refractivity contribution in [1.82, 2.24) is 10.0 Å². The van der Waals surface area contributed by atoms with E-state index in [9.17, 15) is 18.3 Å². The Kier molecular flexibility index (Phi) is 5.81. The molecule has 0 aromatic heterocycles. The third-order valence-corrected chi connectivity index (χ3v) is 4.74. The summed E-state index contributed by atoms with van der Waals surface area (Å²) < 4.78 is 26.1. The summed E-state index contributed by atoms with van der Waals surface area (Å²) in [4.78, 5) is 11.8. The van der Waals surface area contributed by atoms with Crippen LogP contribution in [0.25, 0.3) is 0 Å². The number of amides is 2. The minimum atomic E-state index is -3.87. The van der Waals surface area contributed by atoms with Crippen LogP contribution in [0.2, 0.25) is 0 Å². The van der Waals surface area contributed by atoms with Crippen LogP contribution in [-0.2, 0) is 16.4 Å². The van der Waals surface area contributed by atoms with Crippen LogP contribution < -0.4 is 10.0 Å². The number of benzene rings is 2. The van der Waals surface area contributed by atoms with Crippen molar-refractivity contribution in [3.05, 3.63) is 59.7 Å². The van der Waals surface area contributed by atoms with Crippen molar-refractivity contribution in [2.24, 2.45) is 0 Å². The second-order valence-corrected chi connectivity index (χ2v) is 7.13. The first-order valence-electron chi connectivity index (χ1n) is 7.52. The molecule has 0 unspecified atom stereocenters. The maximum atomic E-state index is 12.0. The highest BCUT2D eigenvalue weighted by molar-refractivity contribution is 7.90. The minimum absolute atomic E-state index is 0.0445. The molecule has 7 heteroatoms. The number of hydrogen-bond donors (Lipinski definition) is 3. The van der Waals surface area contributed by atoms with Crippen LogP contribution >= 0.6 is 0 Å². The van der Waals surface area contributed by atoms with Gasteiger partial charge in [-0.1, -0.05) is 29.8 Å². The molecule has 2 amide bonds. The Labute approximate surface area is 141 Å². The van der Waals surface area contributed by atoms with Crippen LogP contribution in [0.4, 0.5) is 4.79 Å². The Morgan fingerprint density at radius 1 is 1.12 bits per heavy atom. The molecule has 3 N–H and O–H groups in total. The van der Waals surface area contributed by atoms with Crippen molar-refractivity contribution in [2.75, 3.05) is 6.54 Å². The number of carbonyl (C=O) groups excluding carboxylic acids is 1. The fraction of sp³-hybridized carbons (Fsp3) is 0.235. The third-order valence-electron chi connectivity index (χ3n) is 3.40. The second kappa shape index (κ2) is 7.83. The first-order chi connectivity index (χ1) is 11.4. The zero-order valence-corrected chi connectivity index (χ0v) is 14.1. The van der Waals surface area contributed by atoms with E-state index in [1.54, 1.807) is 30.3 Å². The van der Waals surface area contributed by atoms with E-state index in [-0.39, 0.29) is 10.6 Å². The van der Waals surface area contributed by atoms with Gasteiger partial charge in [-0.3, -0.25) is 0 Å². The zero-order valence-electron chi connectivity index (χ0n) is 13.3. The molecule has 0 aliphatic rings. The van der Waals surface area contributed by atoms with Crippen LogP contribution in [0, 0.1) is 6.92 Å². The summed E-state index contributed by atoms with van der Waals surface area (Å²) >= 11 is 0. The van der Waals surface area contributed by atoms with Crippen molar-refractivity contribution < 1.29 is 18.3 Å². The van der Waals surface area contributed by atoms with Gasteiger partial charge in [-0.15, -0.1) is 0 Å². The van der Waals surface area contributed by atoms with E-state index in [0.29, 0.717) is 19.4 Å². The summed E-state index contributed by atoms with van der Waals surface area (Å²) in [5.41, 5.74) is 1.88. The smallest absolute Gasteiger partial charge is 0.328 e. The molecular formula is C17H20N2O4S. The number of rotatable bonds is 6. The van der Waals surface area contributed by atoms with E-state index in [1.807, 2.05) is 17.7 Å². The predicted octanol–water partition coefficient (Wildman–Crippen LogP) is 2.32. The van der Waals surface area contributed by atoms with Gasteiger partial charge < -0.3 is 10.4 Å². The zero-order chi connectivity index (χ0) is 17.6. The number of aryl methyl sites for hydroxylation is 2. The van der Waals surface area contributed by atoms with Gasteiger partial charge >= 0.3 is 6.03 Å². The molecule has 0 radical (unpaired) electrons. The maximum Gasteiger partial charge on any atom is 0.328 e. The molecule has 0 spiro atoms. The van der Waals surface area contributed by atoms with E-state index < -0.39 is 16.1 Å². The van der Waals surface area contributed by atoms with E-state index >= 15 is 0 Å². The van der Waals surface area contributed by atoms with Crippen LogP contribution in [0.3, 0.4) is 0 Å². The summed E-state index contributed by atoms with van der Waals surface area (Å²) in [5, 5.41) is 11.9. The number of urea groups is 1. The molecule has 0 aliphatic heterocycles. The van der Waals surface area contributed by atoms with Gasteiger partial charge in [-0.2, -0.15) is 0 Å². The molecule has 0 bridgehead atoms. The lowest BCUT2D eigenvalue weighted by Gasteiger charge is -2.09. The number of nitrogens with one attached hydrogen (secondary N) is 2. The molecule has 2 rings (SSSR count). The summed E-state index contributed by atoms with van der Waals surface area (Å²) in [6.45, 7) is 2.17. The highest BCUT2D eigenvalue weighted by atomic mass is 32.2. The monoisotopic (exact) mass is 348 g/mol. The topological polar surface area (TPSA) is 95.5 Å². The summed E-state index contributed by atoms with van der Waals surface area (Å²) in [7, 11) is -3.87. The molecular weight excluding hydrogens is 328 g/mol. The van der Waals surface area contributed by atoms with Crippen molar-refractivity contribution in [2.45, 2.75) is 24.7 Å². The lowest BCUT2D eigenvalue weighted by molar-refractivity contribution is 0.245. The minimum Gasteiger partial charge on any atom is -0.508 e. The molecule has 0 atom stereocenters. The van der Waals surface area contributed by atoms with Crippen molar-refractivity contribution in [3.8, 4) is 5.75 Å². The fourth-order valence-electron chi connectivity index (χ4n) is 2.14. The van der Waals surface area contributed by atoms with Gasteiger partial charge in [0, 0.05) is 6.54 Å². The number of phenolic OH excluding ortho intramolecular Hbond substituents is 1. The molecule has 6 nitrogen and oxygen atoms in total. The summed E-state index contributed by atoms with van der Waals surface area (Å²) in [6, 6.07) is 12.4. The molecule has 0 aliphatic carbocycles. The number of sulfonamides is 1. The quantitative estimate of drug-likeness (QED) is 0.698. The average Bonchev–Trinajstić information content (AvgIpc) is 2.52. The largest absolute Gasteiger partial charge is 0.508 e. The van der Waals surface area contributed by atoms with E-state index in [1.165, 1.54) is 12.1 Å². The molecule has 128 valence electrons. The molecule has 0 heterocycles. The van der Waals surface area contributed by atoms with Crippen LogP contribution in [0.5, 0.6) is 5.75 Å². The van der Waals surface area contributed by atoms with Crippen molar-refractivity contribution in [3.63, 3.8) is 0 Å². The maximum absolute atomic E-state index is 12.0. The van der Waals surface area contributed by atoms with E-state index in [2.05, 4.69) is 5.32 Å². The summed E-state index contributed by atoms with van der Waals surface area (Å²) in [6.07, 6.45) is 1.29. The SMILES string of the molecule is Cc1ccc(S(=O)(=O)NC(=O)NCCCc2cccc(O)c2)cc1. The molecule has 24 heavy (non-hydrogen) atoms. The lowest BCUT2D eigenvalue weighted by atomic mass is 10.1. The fourth-order valence-corrected chi connectivity index (χ4v) is 3.07. The molecule has 0 saturated heterocycles. The Bertz CT molecular complexity index is 802. The van der Waals surface area contributed by atoms with Gasteiger partial charge in [-0.05, 0) is 49.6 Å². The van der Waals surface area contributed by atoms with Crippen molar-refractivity contribution in [1.29, 1.82) is 0 Å². The highest BCUT2D eigenvalue weighted by Crippen LogP contribution is 2.12. The first-order valence-corrected chi connectivity index (χ1v) is 9.00. The van der Waals surface area contributed by atoms with Crippen LogP contribution in [0.15, 0.2) is 53.4 Å². The van der Waals surface area contributed by atoms with Crippen LogP contribution in [-0.4, -0.2) is 26.1 Å². The number of hydrogen-bond acceptors (Lipinski definition) is 4. The summed E-state index contributed by atoms with van der Waals surface area (Å²) in [5.74, 6) is 0.197.